The minimum Gasteiger partial charge on any atom is -0.495 e. The van der Waals surface area contributed by atoms with Gasteiger partial charge in [-0.15, -0.1) is 0 Å². The number of aliphatic imine (C=N–C) groups is 1. The van der Waals surface area contributed by atoms with Crippen molar-refractivity contribution in [1.29, 1.82) is 0 Å². The fourth-order valence-corrected chi connectivity index (χ4v) is 4.23. The molecular formula is C23H23ClN6O3. The average molecular weight is 467 g/mol. The molecule has 0 fully saturated rings. The van der Waals surface area contributed by atoms with Crippen LogP contribution >= 0.6 is 11.6 Å². The zero-order valence-electron chi connectivity index (χ0n) is 18.7. The third-order valence-electron chi connectivity index (χ3n) is 5.61. The lowest BCUT2D eigenvalue weighted by Gasteiger charge is -2.22. The molecule has 3 aromatic heterocycles. The van der Waals surface area contributed by atoms with E-state index in [-0.39, 0.29) is 6.04 Å². The van der Waals surface area contributed by atoms with Gasteiger partial charge in [0, 0.05) is 36.5 Å². The summed E-state index contributed by atoms with van der Waals surface area (Å²) < 4.78 is 14.8. The first-order valence-corrected chi connectivity index (χ1v) is 10.7. The van der Waals surface area contributed by atoms with Crippen LogP contribution in [-0.2, 0) is 11.9 Å². The van der Waals surface area contributed by atoms with E-state index < -0.39 is 0 Å². The van der Waals surface area contributed by atoms with Crippen LogP contribution < -0.4 is 15.0 Å². The molecule has 0 saturated carbocycles. The van der Waals surface area contributed by atoms with Gasteiger partial charge < -0.3 is 18.6 Å². The second-order valence-electron chi connectivity index (χ2n) is 7.75. The molecule has 170 valence electrons. The van der Waals surface area contributed by atoms with Crippen molar-refractivity contribution in [3.05, 3.63) is 65.0 Å². The highest BCUT2D eigenvalue weighted by atomic mass is 35.5. The first-order valence-electron chi connectivity index (χ1n) is 10.3. The minimum absolute atomic E-state index is 0.238. The number of aryl methyl sites for hydroxylation is 2. The summed E-state index contributed by atoms with van der Waals surface area (Å²) in [6.45, 7) is 2.30. The highest BCUT2D eigenvalue weighted by Crippen LogP contribution is 2.36. The first kappa shape index (κ1) is 21.3. The lowest BCUT2D eigenvalue weighted by atomic mass is 10.1. The smallest absolute Gasteiger partial charge is 0.238 e. The fourth-order valence-electron chi connectivity index (χ4n) is 3.99. The van der Waals surface area contributed by atoms with Crippen LogP contribution in [-0.4, -0.2) is 45.8 Å². The van der Waals surface area contributed by atoms with Gasteiger partial charge in [-0.1, -0.05) is 11.6 Å². The Morgan fingerprint density at radius 3 is 2.76 bits per heavy atom. The van der Waals surface area contributed by atoms with Gasteiger partial charge in [0.05, 0.1) is 36.8 Å². The normalized spacial score (nSPS) is 15.9. The van der Waals surface area contributed by atoms with Gasteiger partial charge in [-0.2, -0.15) is 0 Å². The van der Waals surface area contributed by atoms with Crippen molar-refractivity contribution in [3.8, 4) is 17.3 Å². The van der Waals surface area contributed by atoms with E-state index in [1.54, 1.807) is 20.5 Å². The highest BCUT2D eigenvalue weighted by Gasteiger charge is 2.24. The summed E-state index contributed by atoms with van der Waals surface area (Å²) in [6, 6.07) is 7.39. The van der Waals surface area contributed by atoms with E-state index in [4.69, 9.17) is 30.9 Å². The highest BCUT2D eigenvalue weighted by molar-refractivity contribution is 6.32. The van der Waals surface area contributed by atoms with Gasteiger partial charge in [0.2, 0.25) is 5.88 Å². The van der Waals surface area contributed by atoms with Crippen LogP contribution in [0.15, 0.2) is 48.0 Å². The number of nitrogens with one attached hydrogen (secondary N) is 1. The number of amidine groups is 1. The molecule has 1 aromatic carbocycles. The number of nitrogens with zero attached hydrogens (tertiary/aromatic N) is 5. The number of benzene rings is 1. The third-order valence-corrected chi connectivity index (χ3v) is 5.91. The topological polar surface area (TPSA) is 87.7 Å². The summed E-state index contributed by atoms with van der Waals surface area (Å²) in [5, 5.41) is 1.55. The molecule has 0 spiro atoms. The Balaban J connectivity index is 1.53. The molecule has 0 aliphatic carbocycles. The lowest BCUT2D eigenvalue weighted by molar-refractivity contribution is 0.0623. The summed E-state index contributed by atoms with van der Waals surface area (Å²) in [4.78, 5) is 19.5. The van der Waals surface area contributed by atoms with Gasteiger partial charge in [-0.25, -0.2) is 15.4 Å². The van der Waals surface area contributed by atoms with Crippen LogP contribution in [0.4, 0.5) is 0 Å². The molecule has 5 rings (SSSR count). The Morgan fingerprint density at radius 1 is 1.18 bits per heavy atom. The van der Waals surface area contributed by atoms with E-state index >= 15 is 0 Å². The summed E-state index contributed by atoms with van der Waals surface area (Å²) in [6.07, 6.45) is 5.68. The Kier molecular flexibility index (Phi) is 5.43. The monoisotopic (exact) mass is 466 g/mol. The quantitative estimate of drug-likeness (QED) is 0.482. The van der Waals surface area contributed by atoms with Gasteiger partial charge >= 0.3 is 0 Å². The number of aromatic nitrogens is 4. The van der Waals surface area contributed by atoms with Crippen LogP contribution in [0.2, 0.25) is 5.02 Å². The minimum atomic E-state index is -0.238. The van der Waals surface area contributed by atoms with Crippen molar-refractivity contribution in [2.24, 2.45) is 12.0 Å². The fraction of sp³-hybridized carbons (Fsp3) is 0.261. The zero-order chi connectivity index (χ0) is 23.1. The molecule has 1 atom stereocenters. The molecule has 4 heterocycles. The maximum Gasteiger partial charge on any atom is 0.238 e. The van der Waals surface area contributed by atoms with E-state index in [1.165, 1.54) is 0 Å². The van der Waals surface area contributed by atoms with Crippen molar-refractivity contribution < 1.29 is 14.3 Å². The number of ether oxygens (including phenoxy) is 2. The number of rotatable bonds is 5. The maximum atomic E-state index is 6.40. The van der Waals surface area contributed by atoms with Gasteiger partial charge in [0.1, 0.15) is 29.8 Å². The molecule has 0 saturated heterocycles. The van der Waals surface area contributed by atoms with E-state index in [0.717, 1.165) is 27.8 Å². The summed E-state index contributed by atoms with van der Waals surface area (Å²) in [5.74, 6) is 1.61. The van der Waals surface area contributed by atoms with Crippen molar-refractivity contribution in [1.82, 2.24) is 24.6 Å². The molecule has 9 nitrogen and oxygen atoms in total. The lowest BCUT2D eigenvalue weighted by Crippen LogP contribution is -2.33. The van der Waals surface area contributed by atoms with Crippen molar-refractivity contribution in [2.45, 2.75) is 13.0 Å². The van der Waals surface area contributed by atoms with Gasteiger partial charge in [0.15, 0.2) is 5.84 Å². The van der Waals surface area contributed by atoms with Crippen LogP contribution in [0, 0.1) is 6.92 Å². The van der Waals surface area contributed by atoms with Crippen LogP contribution in [0.5, 0.6) is 11.6 Å². The summed E-state index contributed by atoms with van der Waals surface area (Å²) in [7, 11) is 5.17. The third kappa shape index (κ3) is 3.79. The number of hydrogen-bond acceptors (Lipinski definition) is 7. The molecule has 1 aliphatic heterocycles. The van der Waals surface area contributed by atoms with Crippen molar-refractivity contribution >= 4 is 28.3 Å². The molecule has 1 unspecified atom stereocenters. The summed E-state index contributed by atoms with van der Waals surface area (Å²) in [5.41, 5.74) is 7.20. The van der Waals surface area contributed by atoms with E-state index in [2.05, 4.69) is 15.4 Å². The van der Waals surface area contributed by atoms with Crippen molar-refractivity contribution in [3.63, 3.8) is 0 Å². The molecule has 33 heavy (non-hydrogen) atoms. The standard InChI is InChI=1S/C23H23ClN6O3/c1-13-9-30(12-25-13)19-6-5-17(27-23(19)32-4)22-26-18(11-33-28-22)15-10-29(2)20-8-21(31-3)16(24)7-14(15)20/h5-10,12,18H,11H2,1-4H3,(H,26,28). The molecule has 10 heteroatoms. The van der Waals surface area contributed by atoms with E-state index in [1.807, 2.05) is 59.8 Å². The van der Waals surface area contributed by atoms with E-state index in [0.29, 0.717) is 34.8 Å². The van der Waals surface area contributed by atoms with Crippen LogP contribution in [0.3, 0.4) is 0 Å². The SMILES string of the molecule is COc1cc2c(cc1Cl)c(C1CONC(c3ccc(-n4cnc(C)c4)c(OC)n3)=N1)cn2C. The first-order chi connectivity index (χ1) is 16.0. The number of fused-ring (bicyclic) bond motifs is 1. The Hall–Kier alpha value is -3.56. The Bertz CT molecular complexity index is 1380. The maximum absolute atomic E-state index is 6.40. The number of methoxy groups -OCH3 is 2. The van der Waals surface area contributed by atoms with Crippen molar-refractivity contribution in [2.75, 3.05) is 20.8 Å². The van der Waals surface area contributed by atoms with E-state index in [9.17, 15) is 0 Å². The van der Waals surface area contributed by atoms with Gasteiger partial charge in [-0.3, -0.25) is 9.83 Å². The number of hydroxylamine groups is 1. The second kappa shape index (κ2) is 8.42. The number of halogens is 1. The predicted molar refractivity (Wildman–Crippen MR) is 125 cm³/mol. The van der Waals surface area contributed by atoms with Crippen LogP contribution in [0.25, 0.3) is 16.6 Å². The van der Waals surface area contributed by atoms with Gasteiger partial charge in [0.25, 0.3) is 0 Å². The molecular weight excluding hydrogens is 444 g/mol. The largest absolute Gasteiger partial charge is 0.495 e. The van der Waals surface area contributed by atoms with Gasteiger partial charge in [-0.05, 0) is 25.1 Å². The number of hydrogen-bond donors (Lipinski definition) is 1. The number of pyridine rings is 1. The zero-order valence-corrected chi connectivity index (χ0v) is 19.4. The average Bonchev–Trinajstić information content (AvgIpc) is 3.41. The molecule has 0 amide bonds. The second-order valence-corrected chi connectivity index (χ2v) is 8.16. The molecule has 0 radical (unpaired) electrons. The molecule has 4 aromatic rings. The Labute approximate surface area is 195 Å². The Morgan fingerprint density at radius 2 is 2.03 bits per heavy atom. The molecule has 1 N–H and O–H groups in total. The molecule has 0 bridgehead atoms. The predicted octanol–water partition coefficient (Wildman–Crippen LogP) is 3.76. The summed E-state index contributed by atoms with van der Waals surface area (Å²) >= 11 is 6.40. The molecule has 1 aliphatic rings. The number of imidazole rings is 1. The van der Waals surface area contributed by atoms with Crippen LogP contribution in [0.1, 0.15) is 23.0 Å².